The Morgan fingerprint density at radius 1 is 1.40 bits per heavy atom. The van der Waals surface area contributed by atoms with Gasteiger partial charge >= 0.3 is 0 Å². The Kier molecular flexibility index (Phi) is 4.42. The summed E-state index contributed by atoms with van der Waals surface area (Å²) in [4.78, 5) is 10.2. The molecule has 0 aliphatic rings. The van der Waals surface area contributed by atoms with Crippen LogP contribution in [0.5, 0.6) is 0 Å². The highest BCUT2D eigenvalue weighted by Crippen LogP contribution is 2.32. The summed E-state index contributed by atoms with van der Waals surface area (Å²) in [6.45, 7) is 2.06. The van der Waals surface area contributed by atoms with Crippen molar-refractivity contribution in [1.29, 1.82) is 0 Å². The van der Waals surface area contributed by atoms with Crippen molar-refractivity contribution in [3.05, 3.63) is 51.2 Å². The van der Waals surface area contributed by atoms with Crippen molar-refractivity contribution < 1.29 is 9.34 Å². The quantitative estimate of drug-likeness (QED) is 0.675. The molecule has 0 amide bonds. The lowest BCUT2D eigenvalue weighted by atomic mass is 10.1. The minimum Gasteiger partial charge on any atom is -0.461 e. The normalized spacial score (nSPS) is 12.3. The molecular formula is C14H15ClN2O3. The van der Waals surface area contributed by atoms with E-state index in [1.807, 2.05) is 19.2 Å². The topological polar surface area (TPSA) is 68.3 Å². The SMILES string of the molecule is CNC(C)Cc1ccc(-c2ccc([N+](=O)[O-])cc2Cl)o1. The van der Waals surface area contributed by atoms with Gasteiger partial charge in [-0.25, -0.2) is 0 Å². The second kappa shape index (κ2) is 6.07. The van der Waals surface area contributed by atoms with Gasteiger partial charge in [0.15, 0.2) is 0 Å². The van der Waals surface area contributed by atoms with Gasteiger partial charge in [0.2, 0.25) is 0 Å². The molecule has 1 unspecified atom stereocenters. The summed E-state index contributed by atoms with van der Waals surface area (Å²) in [7, 11) is 1.89. The predicted molar refractivity (Wildman–Crippen MR) is 78.0 cm³/mol. The molecule has 5 nitrogen and oxygen atoms in total. The molecule has 1 atom stereocenters. The fourth-order valence-electron chi connectivity index (χ4n) is 1.85. The van der Waals surface area contributed by atoms with Gasteiger partial charge < -0.3 is 9.73 Å². The van der Waals surface area contributed by atoms with Gasteiger partial charge in [-0.3, -0.25) is 10.1 Å². The molecule has 0 aliphatic heterocycles. The maximum absolute atomic E-state index is 10.7. The molecule has 2 aromatic rings. The number of non-ortho nitro benzene ring substituents is 1. The average molecular weight is 295 g/mol. The molecule has 0 aliphatic carbocycles. The maximum atomic E-state index is 10.7. The van der Waals surface area contributed by atoms with Crippen LogP contribution in [-0.2, 0) is 6.42 Å². The van der Waals surface area contributed by atoms with Gasteiger partial charge in [0, 0.05) is 30.2 Å². The maximum Gasteiger partial charge on any atom is 0.270 e. The molecule has 2 rings (SSSR count). The third-order valence-electron chi connectivity index (χ3n) is 3.09. The third kappa shape index (κ3) is 3.18. The van der Waals surface area contributed by atoms with E-state index in [1.54, 1.807) is 6.07 Å². The zero-order chi connectivity index (χ0) is 14.7. The van der Waals surface area contributed by atoms with Crippen LogP contribution in [0.1, 0.15) is 12.7 Å². The van der Waals surface area contributed by atoms with Crippen molar-refractivity contribution in [2.24, 2.45) is 0 Å². The number of nitrogens with zero attached hydrogens (tertiary/aromatic N) is 1. The molecule has 106 valence electrons. The van der Waals surface area contributed by atoms with E-state index in [0.29, 0.717) is 22.4 Å². The molecule has 20 heavy (non-hydrogen) atoms. The first-order valence-electron chi connectivity index (χ1n) is 6.21. The largest absolute Gasteiger partial charge is 0.461 e. The second-order valence-corrected chi connectivity index (χ2v) is 4.99. The minimum atomic E-state index is -0.474. The van der Waals surface area contributed by atoms with Crippen LogP contribution in [0.3, 0.4) is 0 Å². The van der Waals surface area contributed by atoms with Crippen molar-refractivity contribution >= 4 is 17.3 Å². The first kappa shape index (κ1) is 14.6. The molecule has 0 fully saturated rings. The lowest BCUT2D eigenvalue weighted by Gasteiger charge is -2.07. The van der Waals surface area contributed by atoms with E-state index in [1.165, 1.54) is 12.1 Å². The van der Waals surface area contributed by atoms with Gasteiger partial charge in [-0.05, 0) is 32.2 Å². The number of rotatable bonds is 5. The highest BCUT2D eigenvalue weighted by Gasteiger charge is 2.14. The van der Waals surface area contributed by atoms with Crippen LogP contribution in [0, 0.1) is 10.1 Å². The average Bonchev–Trinajstić information content (AvgIpc) is 2.86. The number of likely N-dealkylation sites (N-methyl/N-ethyl adjacent to an activating group) is 1. The lowest BCUT2D eigenvalue weighted by Crippen LogP contribution is -2.23. The molecule has 1 heterocycles. The molecule has 0 bridgehead atoms. The van der Waals surface area contributed by atoms with Gasteiger partial charge in [0.25, 0.3) is 5.69 Å². The summed E-state index contributed by atoms with van der Waals surface area (Å²) in [5.41, 5.74) is 0.620. The molecule has 0 saturated carbocycles. The van der Waals surface area contributed by atoms with Gasteiger partial charge in [-0.1, -0.05) is 11.6 Å². The zero-order valence-electron chi connectivity index (χ0n) is 11.2. The van der Waals surface area contributed by atoms with Crippen LogP contribution in [0.25, 0.3) is 11.3 Å². The first-order chi connectivity index (χ1) is 9.51. The highest BCUT2D eigenvalue weighted by atomic mass is 35.5. The zero-order valence-corrected chi connectivity index (χ0v) is 12.0. The lowest BCUT2D eigenvalue weighted by molar-refractivity contribution is -0.384. The van der Waals surface area contributed by atoms with E-state index < -0.39 is 4.92 Å². The monoisotopic (exact) mass is 294 g/mol. The second-order valence-electron chi connectivity index (χ2n) is 4.58. The number of nitro benzene ring substituents is 1. The summed E-state index contributed by atoms with van der Waals surface area (Å²) in [6.07, 6.45) is 0.765. The van der Waals surface area contributed by atoms with E-state index in [9.17, 15) is 10.1 Å². The Morgan fingerprint density at radius 3 is 2.75 bits per heavy atom. The molecule has 0 radical (unpaired) electrons. The van der Waals surface area contributed by atoms with Crippen LogP contribution in [0.2, 0.25) is 5.02 Å². The summed E-state index contributed by atoms with van der Waals surface area (Å²) in [5, 5.41) is 14.1. The summed E-state index contributed by atoms with van der Waals surface area (Å²) >= 11 is 6.07. The molecule has 6 heteroatoms. The van der Waals surface area contributed by atoms with Gasteiger partial charge in [0.1, 0.15) is 11.5 Å². The third-order valence-corrected chi connectivity index (χ3v) is 3.40. The van der Waals surface area contributed by atoms with Crippen molar-refractivity contribution in [2.45, 2.75) is 19.4 Å². The molecule has 0 spiro atoms. The Hall–Kier alpha value is -1.85. The fraction of sp³-hybridized carbons (Fsp3) is 0.286. The van der Waals surface area contributed by atoms with Crippen LogP contribution in [-0.4, -0.2) is 18.0 Å². The number of hydrogen-bond acceptors (Lipinski definition) is 4. The standard InChI is InChI=1S/C14H15ClN2O3/c1-9(16-2)7-11-4-6-14(20-11)12-5-3-10(17(18)19)8-13(12)15/h3-6,8-9,16H,7H2,1-2H3. The minimum absolute atomic E-state index is 0.0330. The number of nitrogens with one attached hydrogen (secondary N) is 1. The number of nitro groups is 1. The van der Waals surface area contributed by atoms with Crippen molar-refractivity contribution in [3.8, 4) is 11.3 Å². The van der Waals surface area contributed by atoms with E-state index >= 15 is 0 Å². The highest BCUT2D eigenvalue weighted by molar-refractivity contribution is 6.33. The fourth-order valence-corrected chi connectivity index (χ4v) is 2.12. The Balaban J connectivity index is 2.26. The Morgan fingerprint density at radius 2 is 2.15 bits per heavy atom. The van der Waals surface area contributed by atoms with E-state index in [4.69, 9.17) is 16.0 Å². The molecule has 0 saturated heterocycles. The van der Waals surface area contributed by atoms with Crippen molar-refractivity contribution in [3.63, 3.8) is 0 Å². The number of hydrogen-bond donors (Lipinski definition) is 1. The van der Waals surface area contributed by atoms with E-state index in [2.05, 4.69) is 12.2 Å². The van der Waals surface area contributed by atoms with Gasteiger partial charge in [0.05, 0.1) is 9.95 Å². The summed E-state index contributed by atoms with van der Waals surface area (Å²) in [5.74, 6) is 1.46. The first-order valence-corrected chi connectivity index (χ1v) is 6.59. The van der Waals surface area contributed by atoms with Crippen LogP contribution in [0.4, 0.5) is 5.69 Å². The van der Waals surface area contributed by atoms with Crippen LogP contribution in [0.15, 0.2) is 34.7 Å². The summed E-state index contributed by atoms with van der Waals surface area (Å²) < 4.78 is 5.73. The van der Waals surface area contributed by atoms with Crippen LogP contribution >= 0.6 is 11.6 Å². The Bertz CT molecular complexity index is 625. The smallest absolute Gasteiger partial charge is 0.270 e. The predicted octanol–water partition coefficient (Wildman–Crippen LogP) is 3.66. The number of benzene rings is 1. The van der Waals surface area contributed by atoms with Crippen molar-refractivity contribution in [1.82, 2.24) is 5.32 Å². The number of furan rings is 1. The summed E-state index contributed by atoms with van der Waals surface area (Å²) in [6, 6.07) is 8.37. The molecule has 1 aromatic carbocycles. The van der Waals surface area contributed by atoms with Crippen LogP contribution < -0.4 is 5.32 Å². The van der Waals surface area contributed by atoms with Crippen molar-refractivity contribution in [2.75, 3.05) is 7.05 Å². The van der Waals surface area contributed by atoms with Gasteiger partial charge in [-0.15, -0.1) is 0 Å². The molecular weight excluding hydrogens is 280 g/mol. The Labute approximate surface area is 121 Å². The number of halogens is 1. The van der Waals surface area contributed by atoms with E-state index in [0.717, 1.165) is 12.2 Å². The van der Waals surface area contributed by atoms with Gasteiger partial charge in [-0.2, -0.15) is 0 Å². The van der Waals surface area contributed by atoms with E-state index in [-0.39, 0.29) is 5.69 Å². The molecule has 1 aromatic heterocycles. The molecule has 1 N–H and O–H groups in total.